The first-order valence-electron chi connectivity index (χ1n) is 4.84. The maximum Gasteiger partial charge on any atom is 0.305 e. The molecule has 0 aliphatic carbocycles. The Hall–Kier alpha value is -1.84. The zero-order valence-corrected chi connectivity index (χ0v) is 8.26. The molecule has 0 bridgehead atoms. The predicted octanol–water partition coefficient (Wildman–Crippen LogP) is 1.31. The largest absolute Gasteiger partial charge is 0.481 e. The quantitative estimate of drug-likeness (QED) is 0.807. The molecular weight excluding hydrogens is 192 g/mol. The SMILES string of the molecule is O=C(O)CCN1Cc2ccccc2C=N1. The number of fused-ring (bicyclic) bond motifs is 1. The number of carboxylic acid groups (broad SMARTS) is 1. The Balaban J connectivity index is 2.03. The number of hydrazone groups is 1. The summed E-state index contributed by atoms with van der Waals surface area (Å²) < 4.78 is 0. The van der Waals surface area contributed by atoms with Crippen LogP contribution >= 0.6 is 0 Å². The standard InChI is InChI=1S/C11H12N2O2/c14-11(15)5-6-13-8-10-4-2-1-3-9(10)7-12-13/h1-4,7H,5-6,8H2,(H,14,15). The highest BCUT2D eigenvalue weighted by molar-refractivity contribution is 5.82. The lowest BCUT2D eigenvalue weighted by molar-refractivity contribution is -0.137. The highest BCUT2D eigenvalue weighted by Crippen LogP contribution is 2.14. The molecule has 1 heterocycles. The predicted molar refractivity (Wildman–Crippen MR) is 56.7 cm³/mol. The van der Waals surface area contributed by atoms with Crippen LogP contribution in [0.25, 0.3) is 0 Å². The van der Waals surface area contributed by atoms with Crippen LogP contribution in [-0.2, 0) is 11.3 Å². The Kier molecular flexibility index (Phi) is 2.67. The molecule has 0 amide bonds. The molecule has 1 N–H and O–H groups in total. The average Bonchev–Trinajstić information content (AvgIpc) is 2.26. The zero-order chi connectivity index (χ0) is 10.7. The van der Waals surface area contributed by atoms with Crippen molar-refractivity contribution in [2.45, 2.75) is 13.0 Å². The van der Waals surface area contributed by atoms with E-state index in [-0.39, 0.29) is 6.42 Å². The molecule has 0 unspecified atom stereocenters. The first kappa shape index (κ1) is 9.71. The second-order valence-electron chi connectivity index (χ2n) is 3.48. The molecule has 15 heavy (non-hydrogen) atoms. The van der Waals surface area contributed by atoms with Crippen molar-refractivity contribution in [1.29, 1.82) is 0 Å². The molecule has 0 radical (unpaired) electrons. The van der Waals surface area contributed by atoms with Crippen molar-refractivity contribution < 1.29 is 9.90 Å². The third-order valence-electron chi connectivity index (χ3n) is 2.35. The Labute approximate surface area is 87.8 Å². The van der Waals surface area contributed by atoms with E-state index in [0.717, 1.165) is 5.56 Å². The van der Waals surface area contributed by atoms with Crippen LogP contribution in [0.15, 0.2) is 29.4 Å². The van der Waals surface area contributed by atoms with E-state index >= 15 is 0 Å². The van der Waals surface area contributed by atoms with Crippen LogP contribution in [0.3, 0.4) is 0 Å². The summed E-state index contributed by atoms with van der Waals surface area (Å²) in [7, 11) is 0. The van der Waals surface area contributed by atoms with Gasteiger partial charge in [0.05, 0.1) is 19.2 Å². The van der Waals surface area contributed by atoms with Gasteiger partial charge in [-0.1, -0.05) is 24.3 Å². The van der Waals surface area contributed by atoms with Crippen molar-refractivity contribution in [3.63, 3.8) is 0 Å². The summed E-state index contributed by atoms with van der Waals surface area (Å²) in [5, 5.41) is 14.5. The second kappa shape index (κ2) is 4.13. The topological polar surface area (TPSA) is 52.9 Å². The van der Waals surface area contributed by atoms with Gasteiger partial charge in [0.15, 0.2) is 0 Å². The summed E-state index contributed by atoms with van der Waals surface area (Å²) in [6.07, 6.45) is 1.90. The molecule has 4 heteroatoms. The lowest BCUT2D eigenvalue weighted by Gasteiger charge is -2.23. The van der Waals surface area contributed by atoms with Crippen LogP contribution in [0.5, 0.6) is 0 Å². The minimum absolute atomic E-state index is 0.125. The lowest BCUT2D eigenvalue weighted by atomic mass is 10.1. The van der Waals surface area contributed by atoms with Gasteiger partial charge in [-0.2, -0.15) is 5.10 Å². The van der Waals surface area contributed by atoms with Gasteiger partial charge >= 0.3 is 5.97 Å². The fourth-order valence-corrected chi connectivity index (χ4v) is 1.55. The second-order valence-corrected chi connectivity index (χ2v) is 3.48. The minimum Gasteiger partial charge on any atom is -0.481 e. The fraction of sp³-hybridized carbons (Fsp3) is 0.273. The highest BCUT2D eigenvalue weighted by atomic mass is 16.4. The van der Waals surface area contributed by atoms with Gasteiger partial charge in [-0.05, 0) is 11.1 Å². The van der Waals surface area contributed by atoms with E-state index in [9.17, 15) is 4.79 Å². The number of hydrogen-bond donors (Lipinski definition) is 1. The molecule has 2 rings (SSSR count). The molecule has 1 aliphatic rings. The molecule has 0 saturated carbocycles. The molecule has 0 saturated heterocycles. The molecule has 0 fully saturated rings. The Morgan fingerprint density at radius 2 is 2.27 bits per heavy atom. The van der Waals surface area contributed by atoms with Gasteiger partial charge in [0.2, 0.25) is 0 Å². The van der Waals surface area contributed by atoms with Gasteiger partial charge in [-0.25, -0.2) is 0 Å². The third-order valence-corrected chi connectivity index (χ3v) is 2.35. The van der Waals surface area contributed by atoms with E-state index < -0.39 is 5.97 Å². The number of carboxylic acids is 1. The highest BCUT2D eigenvalue weighted by Gasteiger charge is 2.11. The van der Waals surface area contributed by atoms with E-state index in [1.54, 1.807) is 11.2 Å². The number of nitrogens with zero attached hydrogens (tertiary/aromatic N) is 2. The minimum atomic E-state index is -0.788. The third kappa shape index (κ3) is 2.34. The van der Waals surface area contributed by atoms with Crippen LogP contribution < -0.4 is 0 Å². The molecule has 4 nitrogen and oxygen atoms in total. The first-order valence-corrected chi connectivity index (χ1v) is 4.84. The van der Waals surface area contributed by atoms with Crippen molar-refractivity contribution in [2.75, 3.05) is 6.54 Å². The molecule has 0 spiro atoms. The van der Waals surface area contributed by atoms with E-state index in [4.69, 9.17) is 5.11 Å². The van der Waals surface area contributed by atoms with Crippen LogP contribution in [0.4, 0.5) is 0 Å². The maximum atomic E-state index is 10.4. The number of hydrogen-bond acceptors (Lipinski definition) is 3. The van der Waals surface area contributed by atoms with E-state index in [1.165, 1.54) is 5.56 Å². The van der Waals surface area contributed by atoms with Crippen molar-refractivity contribution >= 4 is 12.2 Å². The molecular formula is C11H12N2O2. The maximum absolute atomic E-state index is 10.4. The molecule has 1 aromatic rings. The van der Waals surface area contributed by atoms with Gasteiger partial charge in [0.25, 0.3) is 0 Å². The molecule has 1 aromatic carbocycles. The zero-order valence-electron chi connectivity index (χ0n) is 8.26. The number of benzene rings is 1. The number of aliphatic carboxylic acids is 1. The smallest absolute Gasteiger partial charge is 0.305 e. The van der Waals surface area contributed by atoms with Crippen LogP contribution in [0, 0.1) is 0 Å². The first-order chi connectivity index (χ1) is 7.25. The van der Waals surface area contributed by atoms with E-state index in [0.29, 0.717) is 13.1 Å². The van der Waals surface area contributed by atoms with Crippen LogP contribution in [0.1, 0.15) is 17.5 Å². The summed E-state index contributed by atoms with van der Waals surface area (Å²) >= 11 is 0. The fourth-order valence-electron chi connectivity index (χ4n) is 1.55. The van der Waals surface area contributed by atoms with Gasteiger partial charge < -0.3 is 5.11 Å². The molecule has 1 aliphatic heterocycles. The average molecular weight is 204 g/mol. The van der Waals surface area contributed by atoms with Gasteiger partial charge in [0, 0.05) is 6.54 Å². The lowest BCUT2D eigenvalue weighted by Crippen LogP contribution is -2.24. The number of carbonyl (C=O) groups is 1. The summed E-state index contributed by atoms with van der Waals surface area (Å²) in [5.74, 6) is -0.788. The van der Waals surface area contributed by atoms with Crippen molar-refractivity contribution in [2.24, 2.45) is 5.10 Å². The monoisotopic (exact) mass is 204 g/mol. The van der Waals surface area contributed by atoms with Crippen molar-refractivity contribution in [1.82, 2.24) is 5.01 Å². The van der Waals surface area contributed by atoms with Gasteiger partial charge in [0.1, 0.15) is 0 Å². The number of rotatable bonds is 3. The van der Waals surface area contributed by atoms with Gasteiger partial charge in [-0.3, -0.25) is 9.80 Å². The van der Waals surface area contributed by atoms with Crippen LogP contribution in [0.2, 0.25) is 0 Å². The summed E-state index contributed by atoms with van der Waals surface area (Å²) in [4.78, 5) is 10.4. The Morgan fingerprint density at radius 1 is 1.47 bits per heavy atom. The molecule has 0 aromatic heterocycles. The molecule has 78 valence electrons. The van der Waals surface area contributed by atoms with Gasteiger partial charge in [-0.15, -0.1) is 0 Å². The van der Waals surface area contributed by atoms with Crippen molar-refractivity contribution in [3.8, 4) is 0 Å². The Morgan fingerprint density at radius 3 is 3.07 bits per heavy atom. The normalized spacial score (nSPS) is 13.7. The Bertz CT molecular complexity index is 401. The van der Waals surface area contributed by atoms with Crippen LogP contribution in [-0.4, -0.2) is 28.8 Å². The van der Waals surface area contributed by atoms with E-state index in [2.05, 4.69) is 5.10 Å². The van der Waals surface area contributed by atoms with Crippen molar-refractivity contribution in [3.05, 3.63) is 35.4 Å². The van der Waals surface area contributed by atoms with E-state index in [1.807, 2.05) is 24.3 Å². The molecule has 0 atom stereocenters. The summed E-state index contributed by atoms with van der Waals surface area (Å²) in [5.41, 5.74) is 2.31. The summed E-state index contributed by atoms with van der Waals surface area (Å²) in [6.45, 7) is 1.15. The summed E-state index contributed by atoms with van der Waals surface area (Å²) in [6, 6.07) is 7.99.